The van der Waals surface area contributed by atoms with Gasteiger partial charge in [-0.2, -0.15) is 14.4 Å². The van der Waals surface area contributed by atoms with E-state index >= 15 is 0 Å². The van der Waals surface area contributed by atoms with E-state index in [1.54, 1.807) is 6.07 Å². The molecule has 4 heterocycles. The van der Waals surface area contributed by atoms with Crippen molar-refractivity contribution < 1.29 is 18.3 Å². The van der Waals surface area contributed by atoms with E-state index in [4.69, 9.17) is 20.2 Å². The Labute approximate surface area is 176 Å². The van der Waals surface area contributed by atoms with Crippen LogP contribution in [-0.4, -0.2) is 53.2 Å². The van der Waals surface area contributed by atoms with Crippen LogP contribution in [0.4, 0.5) is 14.7 Å². The molecule has 2 atom stereocenters. The molecule has 156 valence electrons. The highest BCUT2D eigenvalue weighted by atomic mass is 35.5. The molecular weight excluding hydrogens is 426 g/mol. The van der Waals surface area contributed by atoms with Crippen molar-refractivity contribution in [1.29, 1.82) is 0 Å². The summed E-state index contributed by atoms with van der Waals surface area (Å²) < 4.78 is 37.6. The zero-order valence-electron chi connectivity index (χ0n) is 15.6. The number of methoxy groups -OCH3 is 2. The maximum absolute atomic E-state index is 14.2. The number of rotatable bonds is 4. The highest BCUT2D eigenvalue weighted by Crippen LogP contribution is 2.45. The topological polar surface area (TPSA) is 98.8 Å². The standard InChI is InChI=1S/C17H18F2N6O2S.ClH/c1-26-13-12(19)14(27-2)23-16(22-13)25-6-9-7-28-15(20)24-17(9,8-25)11-4-3-10(18)5-21-11;/h3-5,9H,6-8H2,1-2H3,(H2,20,24);1H/t9-,17?;/m0./s1. The SMILES string of the molecule is COc1nc(N2C[C@H]3CSC(N)=NC3(c3ccc(F)cn3)C2)nc(OC)c1F.Cl. The molecule has 8 nitrogen and oxygen atoms in total. The molecule has 0 amide bonds. The van der Waals surface area contributed by atoms with E-state index in [9.17, 15) is 8.78 Å². The van der Waals surface area contributed by atoms with Crippen molar-refractivity contribution in [2.45, 2.75) is 5.54 Å². The van der Waals surface area contributed by atoms with Crippen LogP contribution in [0.15, 0.2) is 23.3 Å². The first-order chi connectivity index (χ1) is 13.5. The van der Waals surface area contributed by atoms with E-state index in [2.05, 4.69) is 15.0 Å². The molecule has 2 aromatic rings. The molecular formula is C17H19ClF2N6O2S. The minimum atomic E-state index is -0.766. The number of ether oxygens (including phenoxy) is 2. The van der Waals surface area contributed by atoms with Crippen LogP contribution < -0.4 is 20.1 Å². The van der Waals surface area contributed by atoms with Gasteiger partial charge in [-0.3, -0.25) is 4.98 Å². The number of anilines is 1. The first kappa shape index (κ1) is 21.3. The van der Waals surface area contributed by atoms with Crippen molar-refractivity contribution in [3.8, 4) is 11.8 Å². The molecule has 29 heavy (non-hydrogen) atoms. The monoisotopic (exact) mass is 444 g/mol. The number of aliphatic imine (C=N–C) groups is 1. The number of halogens is 3. The molecule has 0 spiro atoms. The number of hydrogen-bond donors (Lipinski definition) is 1. The van der Waals surface area contributed by atoms with Gasteiger partial charge >= 0.3 is 0 Å². The molecule has 1 unspecified atom stereocenters. The fraction of sp³-hybridized carbons (Fsp3) is 0.412. The van der Waals surface area contributed by atoms with Gasteiger partial charge in [-0.1, -0.05) is 11.8 Å². The molecule has 0 aliphatic carbocycles. The fourth-order valence-corrected chi connectivity index (χ4v) is 4.55. The molecule has 0 aromatic carbocycles. The molecule has 4 rings (SSSR count). The lowest BCUT2D eigenvalue weighted by Crippen LogP contribution is -2.40. The third kappa shape index (κ3) is 3.64. The van der Waals surface area contributed by atoms with Gasteiger partial charge in [0.2, 0.25) is 11.8 Å². The minimum absolute atomic E-state index is 0. The predicted molar refractivity (Wildman–Crippen MR) is 108 cm³/mol. The van der Waals surface area contributed by atoms with Gasteiger partial charge in [-0.25, -0.2) is 9.38 Å². The minimum Gasteiger partial charge on any atom is -0.479 e. The molecule has 12 heteroatoms. The average molecular weight is 445 g/mol. The van der Waals surface area contributed by atoms with Crippen molar-refractivity contribution in [3.05, 3.63) is 35.7 Å². The molecule has 0 bridgehead atoms. The number of thioether (sulfide) groups is 1. The first-order valence-corrected chi connectivity index (χ1v) is 9.46. The second kappa shape index (κ2) is 8.15. The summed E-state index contributed by atoms with van der Waals surface area (Å²) in [4.78, 5) is 19.1. The predicted octanol–water partition coefficient (Wildman–Crippen LogP) is 1.98. The molecule has 2 N–H and O–H groups in total. The third-order valence-corrected chi connectivity index (χ3v) is 5.87. The zero-order valence-corrected chi connectivity index (χ0v) is 17.3. The van der Waals surface area contributed by atoms with E-state index in [0.717, 1.165) is 6.20 Å². The van der Waals surface area contributed by atoms with Crippen LogP contribution in [0.25, 0.3) is 0 Å². The fourth-order valence-electron chi connectivity index (χ4n) is 3.57. The Kier molecular flexibility index (Phi) is 5.99. The molecule has 0 radical (unpaired) electrons. The largest absolute Gasteiger partial charge is 0.479 e. The normalized spacial score (nSPS) is 23.1. The number of aromatic nitrogens is 3. The van der Waals surface area contributed by atoms with Gasteiger partial charge in [0.25, 0.3) is 11.8 Å². The summed E-state index contributed by atoms with van der Waals surface area (Å²) in [6.45, 7) is 0.899. The van der Waals surface area contributed by atoms with E-state index in [0.29, 0.717) is 29.7 Å². The maximum atomic E-state index is 14.2. The number of hydrogen-bond acceptors (Lipinski definition) is 9. The molecule has 2 aliphatic heterocycles. The average Bonchev–Trinajstić information content (AvgIpc) is 3.08. The molecule has 1 fully saturated rings. The first-order valence-electron chi connectivity index (χ1n) is 8.47. The number of pyridine rings is 1. The van der Waals surface area contributed by atoms with Crippen LogP contribution >= 0.6 is 24.2 Å². The summed E-state index contributed by atoms with van der Waals surface area (Å²) in [7, 11) is 2.65. The van der Waals surface area contributed by atoms with E-state index in [1.165, 1.54) is 32.0 Å². The van der Waals surface area contributed by atoms with Gasteiger partial charge in [0.15, 0.2) is 5.17 Å². The summed E-state index contributed by atoms with van der Waals surface area (Å²) in [6.07, 6.45) is 1.16. The quantitative estimate of drug-likeness (QED) is 0.764. The summed E-state index contributed by atoms with van der Waals surface area (Å²) in [5.74, 6) is -0.604. The van der Waals surface area contributed by atoms with Crippen LogP contribution in [0, 0.1) is 17.6 Å². The highest BCUT2D eigenvalue weighted by Gasteiger charge is 2.52. The van der Waals surface area contributed by atoms with E-state index in [1.807, 2.05) is 4.90 Å². The number of nitrogens with two attached hydrogens (primary N) is 1. The number of fused-ring (bicyclic) bond motifs is 1. The lowest BCUT2D eigenvalue weighted by atomic mass is 9.85. The summed E-state index contributed by atoms with van der Waals surface area (Å²) in [5, 5.41) is 0.444. The molecule has 2 aliphatic rings. The van der Waals surface area contributed by atoms with E-state index < -0.39 is 17.2 Å². The van der Waals surface area contributed by atoms with E-state index in [-0.39, 0.29) is 36.0 Å². The van der Waals surface area contributed by atoms with Gasteiger partial charge in [-0.15, -0.1) is 12.4 Å². The lowest BCUT2D eigenvalue weighted by molar-refractivity contribution is 0.327. The zero-order chi connectivity index (χ0) is 19.9. The van der Waals surface area contributed by atoms with Crippen LogP contribution in [-0.2, 0) is 5.54 Å². The van der Waals surface area contributed by atoms with Crippen LogP contribution in [0.3, 0.4) is 0 Å². The van der Waals surface area contributed by atoms with Crippen molar-refractivity contribution in [1.82, 2.24) is 15.0 Å². The number of amidine groups is 1. The van der Waals surface area contributed by atoms with Gasteiger partial charge in [-0.05, 0) is 12.1 Å². The Bertz CT molecular complexity index is 910. The Morgan fingerprint density at radius 1 is 1.21 bits per heavy atom. The van der Waals surface area contributed by atoms with Gasteiger partial charge in [0, 0.05) is 18.2 Å². The van der Waals surface area contributed by atoms with Crippen molar-refractivity contribution in [2.24, 2.45) is 16.6 Å². The summed E-state index contributed by atoms with van der Waals surface area (Å²) >= 11 is 1.45. The van der Waals surface area contributed by atoms with Gasteiger partial charge < -0.3 is 20.1 Å². The smallest absolute Gasteiger partial charge is 0.259 e. The Balaban J connectivity index is 0.00000240. The lowest BCUT2D eigenvalue weighted by Gasteiger charge is -2.33. The maximum Gasteiger partial charge on any atom is 0.259 e. The summed E-state index contributed by atoms with van der Waals surface area (Å²) in [6, 6.07) is 2.97. The molecule has 0 saturated carbocycles. The third-order valence-electron chi connectivity index (χ3n) is 4.91. The van der Waals surface area contributed by atoms with Crippen molar-refractivity contribution in [3.63, 3.8) is 0 Å². The second-order valence-electron chi connectivity index (χ2n) is 6.48. The van der Waals surface area contributed by atoms with Crippen LogP contribution in [0.2, 0.25) is 0 Å². The second-order valence-corrected chi connectivity index (χ2v) is 7.52. The van der Waals surface area contributed by atoms with Gasteiger partial charge in [0.05, 0.1) is 32.7 Å². The Hall–Kier alpha value is -2.40. The molecule has 1 saturated heterocycles. The summed E-state index contributed by atoms with van der Waals surface area (Å²) in [5.41, 5.74) is 5.86. The van der Waals surface area contributed by atoms with Gasteiger partial charge in [0.1, 0.15) is 11.4 Å². The van der Waals surface area contributed by atoms with Crippen LogP contribution in [0.1, 0.15) is 5.69 Å². The Morgan fingerprint density at radius 3 is 2.48 bits per heavy atom. The highest BCUT2D eigenvalue weighted by molar-refractivity contribution is 8.13. The Morgan fingerprint density at radius 2 is 1.90 bits per heavy atom. The molecule has 2 aromatic heterocycles. The van der Waals surface area contributed by atoms with Crippen molar-refractivity contribution in [2.75, 3.05) is 38.0 Å². The number of nitrogens with zero attached hydrogens (tertiary/aromatic N) is 5. The van der Waals surface area contributed by atoms with Crippen molar-refractivity contribution >= 4 is 35.3 Å². The van der Waals surface area contributed by atoms with Crippen LogP contribution in [0.5, 0.6) is 11.8 Å².